The van der Waals surface area contributed by atoms with Crippen LogP contribution >= 0.6 is 11.6 Å². The molecule has 0 bridgehead atoms. The van der Waals surface area contributed by atoms with Gasteiger partial charge in [-0.1, -0.05) is 11.6 Å². The van der Waals surface area contributed by atoms with Crippen molar-refractivity contribution >= 4 is 23.3 Å². The van der Waals surface area contributed by atoms with Gasteiger partial charge in [0.05, 0.1) is 6.10 Å². The SMILES string of the molecule is COC1CCN(C(=O)c2cc(N)nc(Cl)c2)C1. The van der Waals surface area contributed by atoms with Crippen LogP contribution in [0.5, 0.6) is 0 Å². The molecule has 1 aliphatic rings. The Kier molecular flexibility index (Phi) is 3.49. The van der Waals surface area contributed by atoms with Crippen LogP contribution in [0.3, 0.4) is 0 Å². The van der Waals surface area contributed by atoms with Crippen molar-refractivity contribution in [1.29, 1.82) is 0 Å². The fourth-order valence-corrected chi connectivity index (χ4v) is 2.14. The molecule has 5 nitrogen and oxygen atoms in total. The van der Waals surface area contributed by atoms with E-state index in [1.54, 1.807) is 12.0 Å². The number of carbonyl (C=O) groups is 1. The second-order valence-corrected chi connectivity index (χ2v) is 4.39. The van der Waals surface area contributed by atoms with Crippen molar-refractivity contribution in [3.8, 4) is 0 Å². The molecule has 1 amide bonds. The molecule has 0 aliphatic carbocycles. The van der Waals surface area contributed by atoms with Gasteiger partial charge >= 0.3 is 0 Å². The molecule has 1 saturated heterocycles. The van der Waals surface area contributed by atoms with E-state index in [1.807, 2.05) is 0 Å². The molecular weight excluding hydrogens is 242 g/mol. The summed E-state index contributed by atoms with van der Waals surface area (Å²) in [7, 11) is 1.65. The lowest BCUT2D eigenvalue weighted by Gasteiger charge is -2.16. The molecule has 0 saturated carbocycles. The van der Waals surface area contributed by atoms with Crippen molar-refractivity contribution in [2.75, 3.05) is 25.9 Å². The molecule has 2 N–H and O–H groups in total. The molecule has 92 valence electrons. The van der Waals surface area contributed by atoms with Gasteiger partial charge in [0.15, 0.2) is 0 Å². The lowest BCUT2D eigenvalue weighted by Crippen LogP contribution is -2.30. The Morgan fingerprint density at radius 3 is 3.00 bits per heavy atom. The molecule has 1 unspecified atom stereocenters. The summed E-state index contributed by atoms with van der Waals surface area (Å²) in [4.78, 5) is 17.7. The Hall–Kier alpha value is -1.33. The quantitative estimate of drug-likeness (QED) is 0.806. The molecule has 1 aliphatic heterocycles. The minimum atomic E-state index is -0.0828. The standard InChI is InChI=1S/C11H14ClN3O2/c1-17-8-2-3-15(6-8)11(16)7-4-9(12)14-10(13)5-7/h4-5,8H,2-3,6H2,1H3,(H2,13,14). The maximum absolute atomic E-state index is 12.1. The summed E-state index contributed by atoms with van der Waals surface area (Å²) in [5, 5.41) is 0.232. The van der Waals surface area contributed by atoms with Gasteiger partial charge < -0.3 is 15.4 Å². The van der Waals surface area contributed by atoms with E-state index in [0.717, 1.165) is 6.42 Å². The van der Waals surface area contributed by atoms with Gasteiger partial charge in [0, 0.05) is 25.8 Å². The normalized spacial score (nSPS) is 19.6. The van der Waals surface area contributed by atoms with Crippen LogP contribution in [0.1, 0.15) is 16.8 Å². The average Bonchev–Trinajstić information content (AvgIpc) is 2.75. The average molecular weight is 256 g/mol. The zero-order valence-corrected chi connectivity index (χ0v) is 10.3. The van der Waals surface area contributed by atoms with Crippen molar-refractivity contribution in [3.05, 3.63) is 22.8 Å². The Labute approximate surface area is 105 Å². The highest BCUT2D eigenvalue weighted by atomic mass is 35.5. The summed E-state index contributed by atoms with van der Waals surface area (Å²) in [6, 6.07) is 3.06. The van der Waals surface area contributed by atoms with E-state index in [-0.39, 0.29) is 23.0 Å². The molecule has 1 atom stereocenters. The molecule has 0 aromatic carbocycles. The summed E-state index contributed by atoms with van der Waals surface area (Å²) in [6.07, 6.45) is 0.977. The van der Waals surface area contributed by atoms with Crippen LogP contribution in [-0.4, -0.2) is 42.1 Å². The van der Waals surface area contributed by atoms with Crippen LogP contribution in [-0.2, 0) is 4.74 Å². The maximum atomic E-state index is 12.1. The molecule has 1 aromatic heterocycles. The van der Waals surface area contributed by atoms with Crippen molar-refractivity contribution in [2.24, 2.45) is 0 Å². The van der Waals surface area contributed by atoms with Gasteiger partial charge in [-0.3, -0.25) is 4.79 Å². The van der Waals surface area contributed by atoms with E-state index in [0.29, 0.717) is 18.7 Å². The summed E-state index contributed by atoms with van der Waals surface area (Å²) in [5.74, 6) is 0.170. The zero-order chi connectivity index (χ0) is 12.4. The number of anilines is 1. The number of carbonyl (C=O) groups excluding carboxylic acids is 1. The Balaban J connectivity index is 2.14. The van der Waals surface area contributed by atoms with Gasteiger partial charge in [-0.25, -0.2) is 4.98 Å². The minimum Gasteiger partial charge on any atom is -0.384 e. The first kappa shape index (κ1) is 12.1. The highest BCUT2D eigenvalue weighted by Gasteiger charge is 2.27. The number of nitrogens with two attached hydrogens (primary N) is 1. The van der Waals surface area contributed by atoms with Crippen molar-refractivity contribution in [2.45, 2.75) is 12.5 Å². The monoisotopic (exact) mass is 255 g/mol. The zero-order valence-electron chi connectivity index (χ0n) is 9.52. The molecule has 2 rings (SSSR count). The van der Waals surface area contributed by atoms with E-state index in [2.05, 4.69) is 4.98 Å². The van der Waals surface area contributed by atoms with Crippen LogP contribution < -0.4 is 5.73 Å². The maximum Gasteiger partial charge on any atom is 0.254 e. The van der Waals surface area contributed by atoms with E-state index >= 15 is 0 Å². The molecule has 0 radical (unpaired) electrons. The Bertz CT molecular complexity index is 418. The fraction of sp³-hybridized carbons (Fsp3) is 0.455. The number of aromatic nitrogens is 1. The molecule has 1 fully saturated rings. The van der Waals surface area contributed by atoms with Crippen LogP contribution in [0.25, 0.3) is 0 Å². The second kappa shape index (κ2) is 4.89. The van der Waals surface area contributed by atoms with Gasteiger partial charge in [-0.15, -0.1) is 0 Å². The highest BCUT2D eigenvalue weighted by Crippen LogP contribution is 2.18. The smallest absolute Gasteiger partial charge is 0.254 e. The Morgan fingerprint density at radius 1 is 1.65 bits per heavy atom. The number of amides is 1. The van der Waals surface area contributed by atoms with Crippen LogP contribution in [0.15, 0.2) is 12.1 Å². The second-order valence-electron chi connectivity index (χ2n) is 4.00. The lowest BCUT2D eigenvalue weighted by molar-refractivity contribution is 0.0724. The predicted octanol–water partition coefficient (Wildman–Crippen LogP) is 1.18. The number of nitrogen functional groups attached to an aromatic ring is 1. The number of rotatable bonds is 2. The van der Waals surface area contributed by atoms with E-state index < -0.39 is 0 Å². The molecule has 0 spiro atoms. The minimum absolute atomic E-state index is 0.0828. The van der Waals surface area contributed by atoms with Gasteiger partial charge in [0.25, 0.3) is 5.91 Å². The number of hydrogen-bond donors (Lipinski definition) is 1. The van der Waals surface area contributed by atoms with Crippen molar-refractivity contribution in [3.63, 3.8) is 0 Å². The van der Waals surface area contributed by atoms with Gasteiger partial charge in [0.1, 0.15) is 11.0 Å². The predicted molar refractivity (Wildman–Crippen MR) is 65.0 cm³/mol. The third kappa shape index (κ3) is 2.68. The molecule has 2 heterocycles. The number of hydrogen-bond acceptors (Lipinski definition) is 4. The summed E-state index contributed by atoms with van der Waals surface area (Å²) in [6.45, 7) is 1.30. The number of halogens is 1. The number of methoxy groups -OCH3 is 1. The number of likely N-dealkylation sites (tertiary alicyclic amines) is 1. The summed E-state index contributed by atoms with van der Waals surface area (Å²) < 4.78 is 5.22. The van der Waals surface area contributed by atoms with Gasteiger partial charge in [-0.05, 0) is 18.6 Å². The first-order chi connectivity index (χ1) is 8.10. The summed E-state index contributed by atoms with van der Waals surface area (Å²) in [5.41, 5.74) is 6.03. The fourth-order valence-electron chi connectivity index (χ4n) is 1.93. The van der Waals surface area contributed by atoms with E-state index in [1.165, 1.54) is 12.1 Å². The topological polar surface area (TPSA) is 68.5 Å². The van der Waals surface area contributed by atoms with E-state index in [9.17, 15) is 4.79 Å². The third-order valence-electron chi connectivity index (χ3n) is 2.83. The van der Waals surface area contributed by atoms with Gasteiger partial charge in [0.2, 0.25) is 0 Å². The molecule has 17 heavy (non-hydrogen) atoms. The largest absolute Gasteiger partial charge is 0.384 e. The third-order valence-corrected chi connectivity index (χ3v) is 3.02. The van der Waals surface area contributed by atoms with Crippen LogP contribution in [0.2, 0.25) is 5.15 Å². The number of pyridine rings is 1. The van der Waals surface area contributed by atoms with Crippen LogP contribution in [0.4, 0.5) is 5.82 Å². The highest BCUT2D eigenvalue weighted by molar-refractivity contribution is 6.29. The first-order valence-corrected chi connectivity index (χ1v) is 5.73. The molecular formula is C11H14ClN3O2. The van der Waals surface area contributed by atoms with Crippen LogP contribution in [0, 0.1) is 0 Å². The summed E-state index contributed by atoms with van der Waals surface area (Å²) >= 11 is 5.77. The van der Waals surface area contributed by atoms with Gasteiger partial charge in [-0.2, -0.15) is 0 Å². The van der Waals surface area contributed by atoms with E-state index in [4.69, 9.17) is 22.1 Å². The molecule has 1 aromatic rings. The Morgan fingerprint density at radius 2 is 2.41 bits per heavy atom. The molecule has 6 heteroatoms. The lowest BCUT2D eigenvalue weighted by atomic mass is 10.2. The number of ether oxygens (including phenoxy) is 1. The number of nitrogens with zero attached hydrogens (tertiary/aromatic N) is 2. The van der Waals surface area contributed by atoms with Crippen molar-refractivity contribution < 1.29 is 9.53 Å². The van der Waals surface area contributed by atoms with Crippen molar-refractivity contribution in [1.82, 2.24) is 9.88 Å². The first-order valence-electron chi connectivity index (χ1n) is 5.35.